The fraction of sp³-hybridized carbons (Fsp3) is 1.00. The van der Waals surface area contributed by atoms with Crippen molar-refractivity contribution in [2.75, 3.05) is 0 Å². The van der Waals surface area contributed by atoms with Gasteiger partial charge in [0.25, 0.3) is 0 Å². The van der Waals surface area contributed by atoms with Crippen LogP contribution in [0.3, 0.4) is 0 Å². The van der Waals surface area contributed by atoms with E-state index in [-0.39, 0.29) is 29.6 Å². The summed E-state index contributed by atoms with van der Waals surface area (Å²) in [6.45, 7) is 7.97. The van der Waals surface area contributed by atoms with E-state index in [1.165, 1.54) is 76.7 Å². The molecule has 98 valence electrons. The van der Waals surface area contributed by atoms with Crippen LogP contribution in [0.1, 0.15) is 78.6 Å². The van der Waals surface area contributed by atoms with Crippen molar-refractivity contribution >= 4 is 36.3 Å². The molecule has 0 N–H and O–H groups in total. The third-order valence-corrected chi connectivity index (χ3v) is 3.65. The minimum atomic E-state index is 0. The predicted octanol–water partition coefficient (Wildman–Crippen LogP) is 5.40. The fourth-order valence-electron chi connectivity index (χ4n) is 2.48. The molecule has 0 aliphatic heterocycles. The molecule has 0 aromatic carbocycles. The number of hydrogen-bond donors (Lipinski definition) is 0. The molecule has 0 fully saturated rings. The second kappa shape index (κ2) is 17.1. The van der Waals surface area contributed by atoms with Gasteiger partial charge >= 0.3 is 29.6 Å². The molecular formula is C15H34BNa. The van der Waals surface area contributed by atoms with E-state index in [2.05, 4.69) is 20.8 Å². The average molecular weight is 248 g/mol. The van der Waals surface area contributed by atoms with Crippen molar-refractivity contribution in [3.05, 3.63) is 0 Å². The Balaban J connectivity index is 0. The van der Waals surface area contributed by atoms with E-state index in [1.54, 1.807) is 0 Å². The van der Waals surface area contributed by atoms with Crippen molar-refractivity contribution in [3.8, 4) is 0 Å². The molecule has 0 amide bonds. The topological polar surface area (TPSA) is 0 Å². The van der Waals surface area contributed by atoms with E-state index in [0.29, 0.717) is 0 Å². The van der Waals surface area contributed by atoms with E-state index in [9.17, 15) is 0 Å². The number of unbranched alkanes of at least 4 members (excludes halogenated alkanes) is 6. The van der Waals surface area contributed by atoms with Crippen molar-refractivity contribution in [3.63, 3.8) is 0 Å². The monoisotopic (exact) mass is 248 g/mol. The Morgan fingerprint density at radius 1 is 0.529 bits per heavy atom. The molecule has 0 aromatic rings. The van der Waals surface area contributed by atoms with Crippen molar-refractivity contribution in [1.82, 2.24) is 0 Å². The minimum absolute atomic E-state index is 0. The summed E-state index contributed by atoms with van der Waals surface area (Å²) in [6, 6.07) is 0. The quantitative estimate of drug-likeness (QED) is 0.320. The number of hydrogen-bond acceptors (Lipinski definition) is 0. The summed E-state index contributed by atoms with van der Waals surface area (Å²) in [5.74, 6) is 0. The predicted molar refractivity (Wildman–Crippen MR) is 85.9 cm³/mol. The van der Waals surface area contributed by atoms with Gasteiger partial charge in [-0.25, -0.2) is 0 Å². The van der Waals surface area contributed by atoms with Crippen molar-refractivity contribution < 1.29 is 0 Å². The second-order valence-corrected chi connectivity index (χ2v) is 5.35. The Morgan fingerprint density at radius 2 is 0.824 bits per heavy atom. The van der Waals surface area contributed by atoms with Crippen LogP contribution in [0, 0.1) is 0 Å². The molecule has 0 aromatic heterocycles. The Morgan fingerprint density at radius 3 is 1.06 bits per heavy atom. The summed E-state index contributed by atoms with van der Waals surface area (Å²) in [4.78, 5) is 0. The van der Waals surface area contributed by atoms with Gasteiger partial charge in [-0.1, -0.05) is 97.5 Å². The SMILES string of the molecule is CCCCCB(CCCCC)CCCCC.[NaH]. The second-order valence-electron chi connectivity index (χ2n) is 5.35. The molecule has 0 radical (unpaired) electrons. The Labute approximate surface area is 133 Å². The van der Waals surface area contributed by atoms with Crippen LogP contribution in [0.15, 0.2) is 0 Å². The van der Waals surface area contributed by atoms with Gasteiger partial charge in [0.2, 0.25) is 0 Å². The van der Waals surface area contributed by atoms with Crippen molar-refractivity contribution in [1.29, 1.82) is 0 Å². The molecule has 2 heteroatoms. The van der Waals surface area contributed by atoms with Gasteiger partial charge in [-0.15, -0.1) is 0 Å². The van der Waals surface area contributed by atoms with E-state index in [0.717, 1.165) is 6.71 Å². The maximum atomic E-state index is 2.31. The molecule has 17 heavy (non-hydrogen) atoms. The summed E-state index contributed by atoms with van der Waals surface area (Å²) in [5, 5.41) is 0. The van der Waals surface area contributed by atoms with Crippen LogP contribution in [0.4, 0.5) is 0 Å². The molecule has 0 saturated carbocycles. The van der Waals surface area contributed by atoms with Crippen LogP contribution in [0.5, 0.6) is 0 Å². The first-order valence-corrected chi connectivity index (χ1v) is 7.85. The van der Waals surface area contributed by atoms with Crippen LogP contribution in [0.25, 0.3) is 0 Å². The first-order chi connectivity index (χ1) is 7.85. The summed E-state index contributed by atoms with van der Waals surface area (Å²) in [5.41, 5.74) is 0. The van der Waals surface area contributed by atoms with Crippen LogP contribution >= 0.6 is 0 Å². The molecule has 0 atom stereocenters. The molecule has 0 nitrogen and oxygen atoms in total. The summed E-state index contributed by atoms with van der Waals surface area (Å²) < 4.78 is 0. The van der Waals surface area contributed by atoms with E-state index in [1.807, 2.05) is 0 Å². The van der Waals surface area contributed by atoms with E-state index < -0.39 is 0 Å². The molecule has 0 aliphatic rings. The Kier molecular flexibility index (Phi) is 20.5. The van der Waals surface area contributed by atoms with Gasteiger partial charge in [0.05, 0.1) is 0 Å². The molecule has 0 rings (SSSR count). The summed E-state index contributed by atoms with van der Waals surface area (Å²) in [6.07, 6.45) is 17.4. The van der Waals surface area contributed by atoms with Crippen LogP contribution in [0.2, 0.25) is 19.0 Å². The molecule has 0 heterocycles. The zero-order valence-corrected chi connectivity index (χ0v) is 12.1. The molecule has 0 saturated heterocycles. The van der Waals surface area contributed by atoms with E-state index in [4.69, 9.17) is 0 Å². The maximum absolute atomic E-state index is 2.31. The number of rotatable bonds is 12. The standard InChI is InChI=1S/C15H33B.Na.H/c1-4-7-10-13-16(14-11-8-5-2)15-12-9-6-3;;/h4-15H2,1-3H3;;. The third kappa shape index (κ3) is 15.0. The average Bonchev–Trinajstić information content (AvgIpc) is 2.29. The third-order valence-electron chi connectivity index (χ3n) is 3.65. The van der Waals surface area contributed by atoms with Gasteiger partial charge in [-0.3, -0.25) is 0 Å². The first kappa shape index (κ1) is 20.4. The van der Waals surface area contributed by atoms with Crippen LogP contribution in [-0.4, -0.2) is 36.3 Å². The summed E-state index contributed by atoms with van der Waals surface area (Å²) in [7, 11) is 0. The van der Waals surface area contributed by atoms with E-state index >= 15 is 0 Å². The van der Waals surface area contributed by atoms with Gasteiger partial charge in [0, 0.05) is 0 Å². The molecule has 0 unspecified atom stereocenters. The molecular weight excluding hydrogens is 214 g/mol. The molecule has 0 aliphatic carbocycles. The molecule has 0 bridgehead atoms. The first-order valence-electron chi connectivity index (χ1n) is 7.85. The van der Waals surface area contributed by atoms with Gasteiger partial charge in [-0.2, -0.15) is 0 Å². The Bertz CT molecular complexity index is 104. The Hall–Kier alpha value is 1.06. The van der Waals surface area contributed by atoms with Crippen LogP contribution < -0.4 is 0 Å². The fourth-order valence-corrected chi connectivity index (χ4v) is 2.48. The van der Waals surface area contributed by atoms with Gasteiger partial charge in [-0.05, 0) is 0 Å². The van der Waals surface area contributed by atoms with Crippen LogP contribution in [-0.2, 0) is 0 Å². The zero-order chi connectivity index (χ0) is 12.1. The van der Waals surface area contributed by atoms with Crippen molar-refractivity contribution in [2.45, 2.75) is 97.5 Å². The summed E-state index contributed by atoms with van der Waals surface area (Å²) >= 11 is 0. The van der Waals surface area contributed by atoms with Gasteiger partial charge in [0.1, 0.15) is 6.71 Å². The molecule has 0 spiro atoms. The van der Waals surface area contributed by atoms with Gasteiger partial charge in [0.15, 0.2) is 0 Å². The normalized spacial score (nSPS) is 10.1. The van der Waals surface area contributed by atoms with Crippen molar-refractivity contribution in [2.24, 2.45) is 0 Å². The zero-order valence-electron chi connectivity index (χ0n) is 12.1. The van der Waals surface area contributed by atoms with Gasteiger partial charge < -0.3 is 0 Å².